The summed E-state index contributed by atoms with van der Waals surface area (Å²) in [5, 5.41) is 5.86. The number of nitrogens with one attached hydrogen (secondary N) is 1. The molecule has 1 aromatic heterocycles. The third kappa shape index (κ3) is 2.98. The Morgan fingerprint density at radius 2 is 2.33 bits per heavy atom. The van der Waals surface area contributed by atoms with E-state index in [1.54, 1.807) is 0 Å². The van der Waals surface area contributed by atoms with E-state index >= 15 is 0 Å². The van der Waals surface area contributed by atoms with Crippen molar-refractivity contribution in [2.75, 3.05) is 19.6 Å². The number of hydrogen-bond acceptors (Lipinski definition) is 3. The lowest BCUT2D eigenvalue weighted by molar-refractivity contribution is 0.146. The number of hydrogen-bond donors (Lipinski definition) is 1. The van der Waals surface area contributed by atoms with Crippen LogP contribution in [-0.2, 0) is 6.54 Å². The van der Waals surface area contributed by atoms with Gasteiger partial charge in [0.2, 0.25) is 0 Å². The SMILES string of the molecule is Brc1ccsc1CN1CCCC(C2CCCN2)C1. The molecule has 4 heteroatoms. The first-order chi connectivity index (χ1) is 8.83. The van der Waals surface area contributed by atoms with Crippen LogP contribution < -0.4 is 5.32 Å². The van der Waals surface area contributed by atoms with Crippen molar-refractivity contribution >= 4 is 27.3 Å². The predicted octanol–water partition coefficient (Wildman–Crippen LogP) is 3.47. The molecule has 100 valence electrons. The van der Waals surface area contributed by atoms with Crippen molar-refractivity contribution in [3.05, 3.63) is 20.8 Å². The molecule has 2 fully saturated rings. The highest BCUT2D eigenvalue weighted by Gasteiger charge is 2.29. The second-order valence-corrected chi connectivity index (χ2v) is 7.39. The first kappa shape index (κ1) is 13.1. The van der Waals surface area contributed by atoms with Crippen LogP contribution >= 0.6 is 27.3 Å². The molecule has 3 rings (SSSR count). The smallest absolute Gasteiger partial charge is 0.0339 e. The van der Waals surface area contributed by atoms with Gasteiger partial charge in [0.15, 0.2) is 0 Å². The normalized spacial score (nSPS) is 29.8. The lowest BCUT2D eigenvalue weighted by atomic mass is 9.90. The fourth-order valence-electron chi connectivity index (χ4n) is 3.32. The van der Waals surface area contributed by atoms with Crippen LogP contribution in [0.2, 0.25) is 0 Å². The minimum atomic E-state index is 0.791. The third-order valence-corrected chi connectivity index (χ3v) is 6.18. The van der Waals surface area contributed by atoms with Crippen molar-refractivity contribution in [1.29, 1.82) is 0 Å². The van der Waals surface area contributed by atoms with E-state index in [4.69, 9.17) is 0 Å². The van der Waals surface area contributed by atoms with Gasteiger partial charge in [-0.25, -0.2) is 0 Å². The van der Waals surface area contributed by atoms with Crippen LogP contribution in [0.15, 0.2) is 15.9 Å². The van der Waals surface area contributed by atoms with E-state index in [0.717, 1.165) is 18.5 Å². The van der Waals surface area contributed by atoms with Crippen LogP contribution in [0.3, 0.4) is 0 Å². The molecular formula is C14H21BrN2S. The van der Waals surface area contributed by atoms with Crippen LogP contribution in [0.5, 0.6) is 0 Å². The monoisotopic (exact) mass is 328 g/mol. The standard InChI is InChI=1S/C14H21BrN2S/c15-12-5-8-18-14(12)10-17-7-2-3-11(9-17)13-4-1-6-16-13/h5,8,11,13,16H,1-4,6-7,9-10H2. The second kappa shape index (κ2) is 6.04. The van der Waals surface area contributed by atoms with E-state index in [1.165, 1.54) is 54.7 Å². The van der Waals surface area contributed by atoms with Crippen molar-refractivity contribution in [2.24, 2.45) is 5.92 Å². The van der Waals surface area contributed by atoms with Crippen molar-refractivity contribution < 1.29 is 0 Å². The van der Waals surface area contributed by atoms with Crippen LogP contribution in [0.4, 0.5) is 0 Å². The summed E-state index contributed by atoms with van der Waals surface area (Å²) >= 11 is 5.52. The maximum atomic E-state index is 3.68. The molecule has 2 aliphatic rings. The molecule has 0 amide bonds. The van der Waals surface area contributed by atoms with Gasteiger partial charge < -0.3 is 5.32 Å². The topological polar surface area (TPSA) is 15.3 Å². The van der Waals surface area contributed by atoms with Gasteiger partial charge in [-0.05, 0) is 72.1 Å². The molecule has 18 heavy (non-hydrogen) atoms. The summed E-state index contributed by atoms with van der Waals surface area (Å²) < 4.78 is 1.29. The van der Waals surface area contributed by atoms with Gasteiger partial charge in [-0.3, -0.25) is 4.90 Å². The van der Waals surface area contributed by atoms with Crippen LogP contribution in [0, 0.1) is 5.92 Å². The highest BCUT2D eigenvalue weighted by Crippen LogP contribution is 2.29. The van der Waals surface area contributed by atoms with E-state index in [2.05, 4.69) is 37.6 Å². The molecule has 2 atom stereocenters. The van der Waals surface area contributed by atoms with Gasteiger partial charge in [-0.15, -0.1) is 11.3 Å². The van der Waals surface area contributed by atoms with E-state index in [9.17, 15) is 0 Å². The average Bonchev–Trinajstić information content (AvgIpc) is 3.02. The summed E-state index contributed by atoms with van der Waals surface area (Å²) in [5.41, 5.74) is 0. The number of piperidine rings is 1. The molecule has 0 aliphatic carbocycles. The number of halogens is 1. The molecule has 0 bridgehead atoms. The second-order valence-electron chi connectivity index (χ2n) is 5.53. The highest BCUT2D eigenvalue weighted by molar-refractivity contribution is 9.10. The Morgan fingerprint density at radius 1 is 1.39 bits per heavy atom. The van der Waals surface area contributed by atoms with Crippen molar-refractivity contribution in [1.82, 2.24) is 10.2 Å². The van der Waals surface area contributed by atoms with Crippen LogP contribution in [0.1, 0.15) is 30.6 Å². The van der Waals surface area contributed by atoms with E-state index < -0.39 is 0 Å². The van der Waals surface area contributed by atoms with Gasteiger partial charge in [-0.1, -0.05) is 0 Å². The summed E-state index contributed by atoms with van der Waals surface area (Å²) in [7, 11) is 0. The average molecular weight is 329 g/mol. The Bertz CT molecular complexity index is 387. The Morgan fingerprint density at radius 3 is 3.06 bits per heavy atom. The fraction of sp³-hybridized carbons (Fsp3) is 0.714. The molecule has 2 aliphatic heterocycles. The molecular weight excluding hydrogens is 308 g/mol. The molecule has 2 nitrogen and oxygen atoms in total. The first-order valence-electron chi connectivity index (χ1n) is 7.00. The Balaban J connectivity index is 1.58. The minimum Gasteiger partial charge on any atom is -0.314 e. The van der Waals surface area contributed by atoms with Gasteiger partial charge in [0.05, 0.1) is 0 Å². The summed E-state index contributed by atoms with van der Waals surface area (Å²) in [5.74, 6) is 0.875. The molecule has 2 unspecified atom stereocenters. The van der Waals surface area contributed by atoms with Crippen molar-refractivity contribution in [3.8, 4) is 0 Å². The summed E-state index contributed by atoms with van der Waals surface area (Å²) in [4.78, 5) is 4.13. The number of likely N-dealkylation sites (tertiary alicyclic amines) is 1. The predicted molar refractivity (Wildman–Crippen MR) is 81.0 cm³/mol. The van der Waals surface area contributed by atoms with E-state index in [0.29, 0.717) is 0 Å². The summed E-state index contributed by atoms with van der Waals surface area (Å²) in [6, 6.07) is 2.96. The zero-order valence-electron chi connectivity index (χ0n) is 10.7. The fourth-order valence-corrected chi connectivity index (χ4v) is 4.84. The van der Waals surface area contributed by atoms with Gasteiger partial charge in [0.25, 0.3) is 0 Å². The Kier molecular flexibility index (Phi) is 4.39. The summed E-state index contributed by atoms with van der Waals surface area (Å²) in [6.07, 6.45) is 5.55. The molecule has 0 spiro atoms. The summed E-state index contributed by atoms with van der Waals surface area (Å²) in [6.45, 7) is 4.91. The van der Waals surface area contributed by atoms with Crippen LogP contribution in [-0.4, -0.2) is 30.6 Å². The molecule has 0 saturated carbocycles. The first-order valence-corrected chi connectivity index (χ1v) is 8.68. The van der Waals surface area contributed by atoms with Crippen LogP contribution in [0.25, 0.3) is 0 Å². The van der Waals surface area contributed by atoms with Gasteiger partial charge in [-0.2, -0.15) is 0 Å². The molecule has 0 aromatic carbocycles. The van der Waals surface area contributed by atoms with Crippen molar-refractivity contribution in [3.63, 3.8) is 0 Å². The minimum absolute atomic E-state index is 0.791. The maximum Gasteiger partial charge on any atom is 0.0339 e. The molecule has 2 saturated heterocycles. The number of thiophene rings is 1. The number of rotatable bonds is 3. The van der Waals surface area contributed by atoms with Gasteiger partial charge >= 0.3 is 0 Å². The molecule has 3 heterocycles. The van der Waals surface area contributed by atoms with Crippen molar-refractivity contribution in [2.45, 2.75) is 38.3 Å². The molecule has 0 radical (unpaired) electrons. The maximum absolute atomic E-state index is 3.68. The van der Waals surface area contributed by atoms with Gasteiger partial charge in [0.1, 0.15) is 0 Å². The quantitative estimate of drug-likeness (QED) is 0.913. The zero-order chi connectivity index (χ0) is 12.4. The third-order valence-electron chi connectivity index (χ3n) is 4.27. The van der Waals surface area contributed by atoms with E-state index in [-0.39, 0.29) is 0 Å². The van der Waals surface area contributed by atoms with Gasteiger partial charge in [0, 0.05) is 28.5 Å². The Hall–Kier alpha value is 0.1000. The van der Waals surface area contributed by atoms with E-state index in [1.807, 2.05) is 11.3 Å². The largest absolute Gasteiger partial charge is 0.314 e. The highest BCUT2D eigenvalue weighted by atomic mass is 79.9. The Labute approximate surface area is 122 Å². The lowest BCUT2D eigenvalue weighted by Crippen LogP contribution is -2.43. The number of nitrogens with zero attached hydrogens (tertiary/aromatic N) is 1. The lowest BCUT2D eigenvalue weighted by Gasteiger charge is -2.35. The molecule has 1 aromatic rings. The molecule has 1 N–H and O–H groups in total. The zero-order valence-corrected chi connectivity index (χ0v) is 13.1.